The Morgan fingerprint density at radius 3 is 2.62 bits per heavy atom. The summed E-state index contributed by atoms with van der Waals surface area (Å²) in [4.78, 5) is 18.6. The average Bonchev–Trinajstić information content (AvgIpc) is 3.03. The van der Waals surface area contributed by atoms with Gasteiger partial charge in [-0.1, -0.05) is 41.4 Å². The van der Waals surface area contributed by atoms with Gasteiger partial charge in [-0.05, 0) is 37.6 Å². The van der Waals surface area contributed by atoms with E-state index >= 15 is 0 Å². The van der Waals surface area contributed by atoms with E-state index in [4.69, 9.17) is 16.0 Å². The average molecular weight is 341 g/mol. The van der Waals surface area contributed by atoms with Gasteiger partial charge < -0.3 is 9.32 Å². The lowest BCUT2D eigenvalue weighted by atomic mass is 10.1. The molecule has 0 spiro atoms. The monoisotopic (exact) mass is 340 g/mol. The summed E-state index contributed by atoms with van der Waals surface area (Å²) in [6.07, 6.45) is 1.27. The number of hydrogen-bond acceptors (Lipinski definition) is 3. The van der Waals surface area contributed by atoms with Crippen molar-refractivity contribution in [3.8, 4) is 11.3 Å². The summed E-state index contributed by atoms with van der Waals surface area (Å²) in [7, 11) is 1.73. The molecule has 122 valence electrons. The maximum Gasteiger partial charge on any atom is 0.280 e. The molecule has 0 saturated carbocycles. The summed E-state index contributed by atoms with van der Waals surface area (Å²) in [5.41, 5.74) is 3.89. The Morgan fingerprint density at radius 2 is 1.92 bits per heavy atom. The van der Waals surface area contributed by atoms with Crippen LogP contribution in [-0.4, -0.2) is 17.9 Å². The molecule has 0 aliphatic heterocycles. The van der Waals surface area contributed by atoms with E-state index < -0.39 is 0 Å². The smallest absolute Gasteiger partial charge is 0.280 e. The van der Waals surface area contributed by atoms with Crippen molar-refractivity contribution in [2.24, 2.45) is 0 Å². The van der Waals surface area contributed by atoms with Gasteiger partial charge in [-0.3, -0.25) is 4.79 Å². The lowest BCUT2D eigenvalue weighted by Crippen LogP contribution is -2.27. The first-order chi connectivity index (χ1) is 11.5. The molecule has 3 aromatic rings. The Bertz CT molecular complexity index is 902. The predicted octanol–water partition coefficient (Wildman–Crippen LogP) is 4.89. The van der Waals surface area contributed by atoms with Gasteiger partial charge in [-0.2, -0.15) is 0 Å². The summed E-state index contributed by atoms with van der Waals surface area (Å²) < 4.78 is 5.45. The van der Waals surface area contributed by atoms with E-state index in [2.05, 4.69) is 4.98 Å². The molecule has 5 heteroatoms. The summed E-state index contributed by atoms with van der Waals surface area (Å²) in [5.74, 6) is 0.132. The number of carbonyl (C=O) groups excluding carboxylic acids is 1. The maximum atomic E-state index is 12.9. The molecule has 0 fully saturated rings. The van der Waals surface area contributed by atoms with Gasteiger partial charge in [-0.15, -0.1) is 0 Å². The van der Waals surface area contributed by atoms with Gasteiger partial charge in [0.25, 0.3) is 5.91 Å². The number of aryl methyl sites for hydroxylation is 2. The van der Waals surface area contributed by atoms with Crippen molar-refractivity contribution < 1.29 is 9.21 Å². The van der Waals surface area contributed by atoms with Gasteiger partial charge in [0.2, 0.25) is 0 Å². The highest BCUT2D eigenvalue weighted by atomic mass is 35.5. The molecule has 0 radical (unpaired) electrons. The quantitative estimate of drug-likeness (QED) is 0.682. The van der Waals surface area contributed by atoms with Crippen molar-refractivity contribution in [2.75, 3.05) is 11.9 Å². The van der Waals surface area contributed by atoms with Gasteiger partial charge in [0.1, 0.15) is 0 Å². The molecule has 0 unspecified atom stereocenters. The zero-order chi connectivity index (χ0) is 17.3. The number of oxazole rings is 1. The number of aromatic nitrogens is 1. The number of amides is 1. The Morgan fingerprint density at radius 1 is 1.17 bits per heavy atom. The molecule has 1 amide bonds. The van der Waals surface area contributed by atoms with Crippen molar-refractivity contribution in [1.82, 2.24) is 4.98 Å². The molecule has 3 rings (SSSR count). The summed E-state index contributed by atoms with van der Waals surface area (Å²) in [6, 6.07) is 13.2. The van der Waals surface area contributed by atoms with E-state index in [9.17, 15) is 4.79 Å². The van der Waals surface area contributed by atoms with Crippen LogP contribution in [0.15, 0.2) is 53.3 Å². The number of anilines is 1. The van der Waals surface area contributed by atoms with Gasteiger partial charge >= 0.3 is 0 Å². The molecular formula is C19H17ClN2O2. The molecular weight excluding hydrogens is 324 g/mol. The summed E-state index contributed by atoms with van der Waals surface area (Å²) in [6.45, 7) is 4.00. The Hall–Kier alpha value is -2.59. The lowest BCUT2D eigenvalue weighted by molar-refractivity contribution is 0.0989. The maximum absolute atomic E-state index is 12.9. The van der Waals surface area contributed by atoms with E-state index in [1.54, 1.807) is 24.1 Å². The van der Waals surface area contributed by atoms with Crippen LogP contribution >= 0.6 is 11.6 Å². The highest BCUT2D eigenvalue weighted by molar-refractivity contribution is 6.33. The molecule has 24 heavy (non-hydrogen) atoms. The molecule has 0 aliphatic rings. The van der Waals surface area contributed by atoms with E-state index in [1.165, 1.54) is 6.39 Å². The van der Waals surface area contributed by atoms with Crippen molar-refractivity contribution in [1.29, 1.82) is 0 Å². The number of carbonyl (C=O) groups is 1. The fourth-order valence-corrected chi connectivity index (χ4v) is 2.91. The fraction of sp³-hybridized carbons (Fsp3) is 0.158. The molecule has 0 N–H and O–H groups in total. The Kier molecular flexibility index (Phi) is 4.40. The normalized spacial score (nSPS) is 10.7. The number of halogens is 1. The molecule has 0 aliphatic carbocycles. The van der Waals surface area contributed by atoms with Crippen LogP contribution in [0.5, 0.6) is 0 Å². The molecule has 0 atom stereocenters. The zero-order valence-electron chi connectivity index (χ0n) is 13.7. The Labute approximate surface area is 145 Å². The van der Waals surface area contributed by atoms with Crippen molar-refractivity contribution in [2.45, 2.75) is 13.8 Å². The van der Waals surface area contributed by atoms with Crippen LogP contribution in [0.3, 0.4) is 0 Å². The molecule has 2 aromatic carbocycles. The third kappa shape index (κ3) is 2.93. The minimum Gasteiger partial charge on any atom is -0.443 e. The van der Waals surface area contributed by atoms with Crippen LogP contribution < -0.4 is 4.90 Å². The largest absolute Gasteiger partial charge is 0.443 e. The van der Waals surface area contributed by atoms with Crippen LogP contribution in [0.2, 0.25) is 5.02 Å². The summed E-state index contributed by atoms with van der Waals surface area (Å²) >= 11 is 6.22. The highest BCUT2D eigenvalue weighted by Gasteiger charge is 2.24. The van der Waals surface area contributed by atoms with Crippen molar-refractivity contribution in [3.63, 3.8) is 0 Å². The molecule has 1 heterocycles. The first-order valence-electron chi connectivity index (χ1n) is 7.52. The first kappa shape index (κ1) is 16.3. The SMILES string of the molecule is Cc1ccc(N(C)C(=O)c2ncoc2-c2ccccc2Cl)c(C)c1. The van der Waals surface area contributed by atoms with Crippen LogP contribution in [0.4, 0.5) is 5.69 Å². The third-order valence-corrected chi connectivity index (χ3v) is 4.24. The van der Waals surface area contributed by atoms with Crippen LogP contribution in [0, 0.1) is 13.8 Å². The minimum atomic E-state index is -0.245. The molecule has 0 bridgehead atoms. The second-order valence-corrected chi connectivity index (χ2v) is 6.07. The fourth-order valence-electron chi connectivity index (χ4n) is 2.68. The predicted molar refractivity (Wildman–Crippen MR) is 95.6 cm³/mol. The van der Waals surface area contributed by atoms with E-state index in [0.717, 1.165) is 16.8 Å². The summed E-state index contributed by atoms with van der Waals surface area (Å²) in [5, 5.41) is 0.512. The Balaban J connectivity index is 2.00. The third-order valence-electron chi connectivity index (χ3n) is 3.91. The van der Waals surface area contributed by atoms with E-state index in [1.807, 2.05) is 44.2 Å². The molecule has 0 saturated heterocycles. The zero-order valence-corrected chi connectivity index (χ0v) is 14.5. The minimum absolute atomic E-state index is 0.241. The first-order valence-corrected chi connectivity index (χ1v) is 7.90. The van der Waals surface area contributed by atoms with Crippen LogP contribution in [-0.2, 0) is 0 Å². The highest BCUT2D eigenvalue weighted by Crippen LogP contribution is 2.31. The molecule has 4 nitrogen and oxygen atoms in total. The number of benzene rings is 2. The van der Waals surface area contributed by atoms with Gasteiger partial charge in [-0.25, -0.2) is 4.98 Å². The van der Waals surface area contributed by atoms with Crippen LogP contribution in [0.25, 0.3) is 11.3 Å². The number of hydrogen-bond donors (Lipinski definition) is 0. The second-order valence-electron chi connectivity index (χ2n) is 5.66. The van der Waals surface area contributed by atoms with Crippen LogP contribution in [0.1, 0.15) is 21.6 Å². The lowest BCUT2D eigenvalue weighted by Gasteiger charge is -2.19. The van der Waals surface area contributed by atoms with Crippen molar-refractivity contribution in [3.05, 3.63) is 70.7 Å². The number of rotatable bonds is 3. The standard InChI is InChI=1S/C19H17ClN2O2/c1-12-8-9-16(13(2)10-12)22(3)19(23)17-18(24-11-21-17)14-6-4-5-7-15(14)20/h4-11H,1-3H3. The number of nitrogens with zero attached hydrogens (tertiary/aromatic N) is 2. The second kappa shape index (κ2) is 6.49. The van der Waals surface area contributed by atoms with Gasteiger partial charge in [0, 0.05) is 18.3 Å². The van der Waals surface area contributed by atoms with E-state index in [-0.39, 0.29) is 11.6 Å². The van der Waals surface area contributed by atoms with Gasteiger partial charge in [0.05, 0.1) is 5.02 Å². The van der Waals surface area contributed by atoms with E-state index in [0.29, 0.717) is 16.3 Å². The molecule has 1 aromatic heterocycles. The van der Waals surface area contributed by atoms with Gasteiger partial charge in [0.15, 0.2) is 17.8 Å². The van der Waals surface area contributed by atoms with Crippen molar-refractivity contribution >= 4 is 23.2 Å². The topological polar surface area (TPSA) is 46.3 Å².